The van der Waals surface area contributed by atoms with Gasteiger partial charge in [-0.25, -0.2) is 0 Å². The summed E-state index contributed by atoms with van der Waals surface area (Å²) in [5.41, 5.74) is 0.758. The summed E-state index contributed by atoms with van der Waals surface area (Å²) in [6, 6.07) is 8.10. The summed E-state index contributed by atoms with van der Waals surface area (Å²) >= 11 is 0. The fourth-order valence-electron chi connectivity index (χ4n) is 1.34. The number of carbonyl (C=O) groups is 1. The zero-order valence-corrected chi connectivity index (χ0v) is 10.7. The van der Waals surface area contributed by atoms with Gasteiger partial charge < -0.3 is 10.1 Å². The van der Waals surface area contributed by atoms with E-state index in [2.05, 4.69) is 5.32 Å². The molecule has 0 saturated heterocycles. The second-order valence-electron chi connectivity index (χ2n) is 4.06. The van der Waals surface area contributed by atoms with Crippen molar-refractivity contribution in [2.45, 2.75) is 25.6 Å². The summed E-state index contributed by atoms with van der Waals surface area (Å²) in [5, 5.41) is 11.2. The van der Waals surface area contributed by atoms with Crippen LogP contribution in [0, 0.1) is 11.3 Å². The monoisotopic (exact) mass is 286 g/mol. The Bertz CT molecular complexity index is 509. The first-order valence-corrected chi connectivity index (χ1v) is 5.81. The third-order valence-corrected chi connectivity index (χ3v) is 2.38. The average molecular weight is 286 g/mol. The largest absolute Gasteiger partial charge is 0.391 e. The fraction of sp³-hybridized carbons (Fsp3) is 0.385. The molecular weight excluding hydrogens is 273 g/mol. The average Bonchev–Trinajstić information content (AvgIpc) is 2.37. The topological polar surface area (TPSA) is 62.1 Å². The van der Waals surface area contributed by atoms with Crippen molar-refractivity contribution in [1.82, 2.24) is 0 Å². The molecule has 1 N–H and O–H groups in total. The number of alkyl halides is 3. The molecule has 1 amide bonds. The number of hydrogen-bond donors (Lipinski definition) is 1. The number of nitriles is 1. The number of halogens is 3. The van der Waals surface area contributed by atoms with E-state index < -0.39 is 31.2 Å². The first-order valence-electron chi connectivity index (χ1n) is 5.81. The van der Waals surface area contributed by atoms with Crippen molar-refractivity contribution >= 4 is 11.6 Å². The van der Waals surface area contributed by atoms with Gasteiger partial charge in [-0.05, 0) is 25.1 Å². The highest BCUT2D eigenvalue weighted by molar-refractivity contribution is 5.94. The van der Waals surface area contributed by atoms with Gasteiger partial charge in [-0.2, -0.15) is 18.4 Å². The van der Waals surface area contributed by atoms with Gasteiger partial charge in [0, 0.05) is 5.69 Å². The molecule has 0 bridgehead atoms. The Labute approximate surface area is 114 Å². The van der Waals surface area contributed by atoms with E-state index in [1.54, 1.807) is 18.2 Å². The molecule has 0 aromatic heterocycles. The van der Waals surface area contributed by atoms with E-state index in [0.717, 1.165) is 0 Å². The molecule has 1 aromatic rings. The number of benzene rings is 1. The lowest BCUT2D eigenvalue weighted by Crippen LogP contribution is -2.29. The normalized spacial score (nSPS) is 12.6. The maximum Gasteiger partial charge on any atom is 0.391 e. The number of nitrogens with one attached hydrogen (secondary N) is 1. The lowest BCUT2D eigenvalue weighted by Gasteiger charge is -2.14. The lowest BCUT2D eigenvalue weighted by molar-refractivity contribution is -0.152. The van der Waals surface area contributed by atoms with Gasteiger partial charge in [-0.3, -0.25) is 4.79 Å². The summed E-state index contributed by atoms with van der Waals surface area (Å²) in [4.78, 5) is 11.7. The molecule has 0 fully saturated rings. The Morgan fingerprint density at radius 1 is 1.50 bits per heavy atom. The van der Waals surface area contributed by atoms with Gasteiger partial charge in [-0.1, -0.05) is 6.07 Å². The van der Waals surface area contributed by atoms with Crippen molar-refractivity contribution in [1.29, 1.82) is 5.26 Å². The number of nitrogens with zero attached hydrogens (tertiary/aromatic N) is 1. The molecule has 0 saturated carbocycles. The standard InChI is InChI=1S/C13H13F3N2O2/c1-9(20-6-5-13(14,15)16)12(19)18-11-4-2-3-10(7-11)8-17/h2-4,7,9H,5-6H2,1H3,(H,18,19). The predicted molar refractivity (Wildman–Crippen MR) is 65.9 cm³/mol. The minimum atomic E-state index is -4.31. The molecule has 0 aliphatic rings. The quantitative estimate of drug-likeness (QED) is 0.905. The summed E-state index contributed by atoms with van der Waals surface area (Å²) in [7, 11) is 0. The van der Waals surface area contributed by atoms with Gasteiger partial charge >= 0.3 is 6.18 Å². The van der Waals surface area contributed by atoms with Crippen LogP contribution in [-0.2, 0) is 9.53 Å². The van der Waals surface area contributed by atoms with Crippen molar-refractivity contribution in [3.8, 4) is 6.07 Å². The van der Waals surface area contributed by atoms with E-state index in [4.69, 9.17) is 10.00 Å². The number of hydrogen-bond acceptors (Lipinski definition) is 3. The van der Waals surface area contributed by atoms with Gasteiger partial charge in [0.25, 0.3) is 5.91 Å². The first kappa shape index (κ1) is 16.0. The van der Waals surface area contributed by atoms with Crippen molar-refractivity contribution < 1.29 is 22.7 Å². The molecule has 1 aromatic carbocycles. The number of rotatable bonds is 5. The van der Waals surface area contributed by atoms with E-state index in [1.807, 2.05) is 6.07 Å². The van der Waals surface area contributed by atoms with E-state index in [-0.39, 0.29) is 0 Å². The fourth-order valence-corrected chi connectivity index (χ4v) is 1.34. The number of amides is 1. The highest BCUT2D eigenvalue weighted by Crippen LogP contribution is 2.19. The Morgan fingerprint density at radius 2 is 2.20 bits per heavy atom. The molecular formula is C13H13F3N2O2. The molecule has 4 nitrogen and oxygen atoms in total. The van der Waals surface area contributed by atoms with Crippen molar-refractivity contribution in [2.75, 3.05) is 11.9 Å². The second-order valence-corrected chi connectivity index (χ2v) is 4.06. The summed E-state index contributed by atoms with van der Waals surface area (Å²) < 4.78 is 40.6. The zero-order valence-electron chi connectivity index (χ0n) is 10.7. The maximum atomic E-state index is 11.9. The summed E-state index contributed by atoms with van der Waals surface area (Å²) in [6.45, 7) is 0.788. The van der Waals surface area contributed by atoms with Crippen molar-refractivity contribution in [3.63, 3.8) is 0 Å². The second kappa shape index (κ2) is 6.91. The van der Waals surface area contributed by atoms with E-state index in [0.29, 0.717) is 11.3 Å². The van der Waals surface area contributed by atoms with Gasteiger partial charge in [0.2, 0.25) is 0 Å². The molecule has 7 heteroatoms. The minimum Gasteiger partial charge on any atom is -0.368 e. The predicted octanol–water partition coefficient (Wildman–Crippen LogP) is 2.85. The molecule has 0 radical (unpaired) electrons. The lowest BCUT2D eigenvalue weighted by atomic mass is 10.2. The smallest absolute Gasteiger partial charge is 0.368 e. The minimum absolute atomic E-state index is 0.369. The van der Waals surface area contributed by atoms with Crippen LogP contribution in [0.2, 0.25) is 0 Å². The molecule has 0 aliphatic heterocycles. The Balaban J connectivity index is 2.47. The third-order valence-electron chi connectivity index (χ3n) is 2.38. The van der Waals surface area contributed by atoms with Crippen LogP contribution in [0.15, 0.2) is 24.3 Å². The van der Waals surface area contributed by atoms with Gasteiger partial charge in [0.15, 0.2) is 0 Å². The van der Waals surface area contributed by atoms with Crippen LogP contribution >= 0.6 is 0 Å². The molecule has 20 heavy (non-hydrogen) atoms. The third kappa shape index (κ3) is 5.71. The van der Waals surface area contributed by atoms with Gasteiger partial charge in [0.05, 0.1) is 24.7 Å². The SMILES string of the molecule is CC(OCCC(F)(F)F)C(=O)Nc1cccc(C#N)c1. The maximum absolute atomic E-state index is 11.9. The zero-order chi connectivity index (χ0) is 15.2. The van der Waals surface area contributed by atoms with Crippen molar-refractivity contribution in [3.05, 3.63) is 29.8 Å². The molecule has 1 unspecified atom stereocenters. The Morgan fingerprint density at radius 3 is 2.80 bits per heavy atom. The van der Waals surface area contributed by atoms with Gasteiger partial charge in [-0.15, -0.1) is 0 Å². The van der Waals surface area contributed by atoms with Crippen LogP contribution in [0.4, 0.5) is 18.9 Å². The number of ether oxygens (including phenoxy) is 1. The molecule has 1 rings (SSSR count). The first-order chi connectivity index (χ1) is 9.31. The molecule has 0 heterocycles. The Hall–Kier alpha value is -2.07. The van der Waals surface area contributed by atoms with E-state index >= 15 is 0 Å². The van der Waals surface area contributed by atoms with Crippen molar-refractivity contribution in [2.24, 2.45) is 0 Å². The summed E-state index contributed by atoms with van der Waals surface area (Å²) in [6.07, 6.45) is -6.42. The van der Waals surface area contributed by atoms with Crippen LogP contribution in [0.25, 0.3) is 0 Å². The molecule has 108 valence electrons. The van der Waals surface area contributed by atoms with E-state index in [1.165, 1.54) is 13.0 Å². The molecule has 0 aliphatic carbocycles. The van der Waals surface area contributed by atoms with Crippen LogP contribution in [0.1, 0.15) is 18.9 Å². The summed E-state index contributed by atoms with van der Waals surface area (Å²) in [5.74, 6) is -0.567. The van der Waals surface area contributed by atoms with Crippen LogP contribution in [-0.4, -0.2) is 24.8 Å². The highest BCUT2D eigenvalue weighted by Gasteiger charge is 2.27. The number of anilines is 1. The van der Waals surface area contributed by atoms with Gasteiger partial charge in [0.1, 0.15) is 6.10 Å². The molecule has 0 spiro atoms. The van der Waals surface area contributed by atoms with Crippen LogP contribution in [0.5, 0.6) is 0 Å². The van der Waals surface area contributed by atoms with Crippen LogP contribution in [0.3, 0.4) is 0 Å². The molecule has 1 atom stereocenters. The number of carbonyl (C=O) groups excluding carboxylic acids is 1. The Kier molecular flexibility index (Phi) is 5.53. The highest BCUT2D eigenvalue weighted by atomic mass is 19.4. The van der Waals surface area contributed by atoms with E-state index in [9.17, 15) is 18.0 Å². The van der Waals surface area contributed by atoms with Crippen LogP contribution < -0.4 is 5.32 Å².